The van der Waals surface area contributed by atoms with Gasteiger partial charge in [-0.1, -0.05) is 12.1 Å². The molecule has 0 aliphatic rings. The number of benzene rings is 1. The molecule has 2 aromatic rings. The molecular formula is C13H14FNS. The molecule has 84 valence electrons. The highest BCUT2D eigenvalue weighted by molar-refractivity contribution is 7.07. The third kappa shape index (κ3) is 2.90. The average Bonchev–Trinajstić information content (AvgIpc) is 2.80. The van der Waals surface area contributed by atoms with Gasteiger partial charge in [0.15, 0.2) is 0 Å². The van der Waals surface area contributed by atoms with E-state index in [4.69, 9.17) is 0 Å². The van der Waals surface area contributed by atoms with Crippen LogP contribution in [0.4, 0.5) is 4.39 Å². The summed E-state index contributed by atoms with van der Waals surface area (Å²) < 4.78 is 12.7. The van der Waals surface area contributed by atoms with Gasteiger partial charge in [0.25, 0.3) is 0 Å². The van der Waals surface area contributed by atoms with E-state index in [9.17, 15) is 4.39 Å². The second-order valence-electron chi connectivity index (χ2n) is 3.79. The zero-order chi connectivity index (χ0) is 11.4. The largest absolute Gasteiger partial charge is 0.306 e. The second-order valence-corrected chi connectivity index (χ2v) is 4.57. The van der Waals surface area contributed by atoms with Crippen LogP contribution in [0.25, 0.3) is 0 Å². The first-order valence-electron chi connectivity index (χ1n) is 5.25. The Kier molecular flexibility index (Phi) is 3.70. The van der Waals surface area contributed by atoms with Gasteiger partial charge in [0.1, 0.15) is 5.82 Å². The number of halogens is 1. The molecule has 1 heterocycles. The lowest BCUT2D eigenvalue weighted by Gasteiger charge is -2.13. The van der Waals surface area contributed by atoms with Gasteiger partial charge in [0.2, 0.25) is 0 Å². The molecule has 1 atom stereocenters. The molecule has 1 nitrogen and oxygen atoms in total. The molecule has 0 aliphatic carbocycles. The summed E-state index contributed by atoms with van der Waals surface area (Å²) in [5, 5.41) is 7.60. The lowest BCUT2D eigenvalue weighted by atomic mass is 10.1. The van der Waals surface area contributed by atoms with Crippen molar-refractivity contribution < 1.29 is 4.39 Å². The highest BCUT2D eigenvalue weighted by Gasteiger charge is 2.04. The summed E-state index contributed by atoms with van der Waals surface area (Å²) in [6.07, 6.45) is 0. The Hall–Kier alpha value is -1.19. The van der Waals surface area contributed by atoms with E-state index in [1.165, 1.54) is 17.7 Å². The van der Waals surface area contributed by atoms with Crippen LogP contribution in [-0.2, 0) is 6.54 Å². The molecule has 0 bridgehead atoms. The van der Waals surface area contributed by atoms with Crippen LogP contribution in [-0.4, -0.2) is 0 Å². The molecule has 0 aliphatic heterocycles. The molecule has 1 aromatic carbocycles. The van der Waals surface area contributed by atoms with E-state index in [0.717, 1.165) is 12.1 Å². The second kappa shape index (κ2) is 5.23. The normalized spacial score (nSPS) is 12.6. The number of rotatable bonds is 4. The van der Waals surface area contributed by atoms with Crippen molar-refractivity contribution in [2.45, 2.75) is 19.5 Å². The Balaban J connectivity index is 1.93. The van der Waals surface area contributed by atoms with Gasteiger partial charge in [-0.2, -0.15) is 11.3 Å². The lowest BCUT2D eigenvalue weighted by Crippen LogP contribution is -2.17. The molecule has 16 heavy (non-hydrogen) atoms. The smallest absolute Gasteiger partial charge is 0.123 e. The zero-order valence-electron chi connectivity index (χ0n) is 9.11. The molecule has 0 saturated carbocycles. The highest BCUT2D eigenvalue weighted by atomic mass is 32.1. The quantitative estimate of drug-likeness (QED) is 0.851. The lowest BCUT2D eigenvalue weighted by molar-refractivity contribution is 0.572. The molecule has 1 N–H and O–H groups in total. The van der Waals surface area contributed by atoms with Gasteiger partial charge in [-0.15, -0.1) is 0 Å². The van der Waals surface area contributed by atoms with Crippen molar-refractivity contribution in [1.29, 1.82) is 0 Å². The monoisotopic (exact) mass is 235 g/mol. The van der Waals surface area contributed by atoms with Gasteiger partial charge in [-0.3, -0.25) is 0 Å². The van der Waals surface area contributed by atoms with Crippen LogP contribution in [0.5, 0.6) is 0 Å². The third-order valence-corrected chi connectivity index (χ3v) is 3.29. The van der Waals surface area contributed by atoms with Crippen molar-refractivity contribution in [3.05, 3.63) is 58.0 Å². The van der Waals surface area contributed by atoms with E-state index < -0.39 is 0 Å². The summed E-state index contributed by atoms with van der Waals surface area (Å²) in [6, 6.07) is 8.98. The number of nitrogens with one attached hydrogen (secondary N) is 1. The van der Waals surface area contributed by atoms with Crippen molar-refractivity contribution in [3.63, 3.8) is 0 Å². The molecule has 0 spiro atoms. The highest BCUT2D eigenvalue weighted by Crippen LogP contribution is 2.14. The standard InChI is InChI=1S/C13H14FNS/c1-10(12-2-4-13(14)5-3-12)15-8-11-6-7-16-9-11/h2-7,9-10,15H,8H2,1H3. The predicted octanol–water partition coefficient (Wildman–Crippen LogP) is 3.74. The summed E-state index contributed by atoms with van der Waals surface area (Å²) in [6.45, 7) is 2.93. The van der Waals surface area contributed by atoms with Crippen LogP contribution in [0.2, 0.25) is 0 Å². The predicted molar refractivity (Wildman–Crippen MR) is 66.0 cm³/mol. The fourth-order valence-electron chi connectivity index (χ4n) is 1.53. The van der Waals surface area contributed by atoms with E-state index in [0.29, 0.717) is 0 Å². The Labute approximate surface area is 98.9 Å². The summed E-state index contributed by atoms with van der Waals surface area (Å²) >= 11 is 1.70. The fourth-order valence-corrected chi connectivity index (χ4v) is 2.20. The van der Waals surface area contributed by atoms with E-state index in [1.54, 1.807) is 11.3 Å². The maximum absolute atomic E-state index is 12.7. The SMILES string of the molecule is CC(NCc1ccsc1)c1ccc(F)cc1. The van der Waals surface area contributed by atoms with Gasteiger partial charge in [0, 0.05) is 12.6 Å². The van der Waals surface area contributed by atoms with Crippen LogP contribution in [0.15, 0.2) is 41.1 Å². The molecule has 3 heteroatoms. The Morgan fingerprint density at radius 3 is 2.62 bits per heavy atom. The number of thiophene rings is 1. The van der Waals surface area contributed by atoms with E-state index in [2.05, 4.69) is 29.1 Å². The van der Waals surface area contributed by atoms with Crippen molar-refractivity contribution in [3.8, 4) is 0 Å². The van der Waals surface area contributed by atoms with Gasteiger partial charge in [-0.05, 0) is 47.0 Å². The molecular weight excluding hydrogens is 221 g/mol. The minimum Gasteiger partial charge on any atom is -0.306 e. The van der Waals surface area contributed by atoms with Crippen LogP contribution in [0.3, 0.4) is 0 Å². The minimum atomic E-state index is -0.186. The molecule has 2 rings (SSSR count). The number of hydrogen-bond donors (Lipinski definition) is 1. The number of hydrogen-bond acceptors (Lipinski definition) is 2. The fraction of sp³-hybridized carbons (Fsp3) is 0.231. The van der Waals surface area contributed by atoms with Gasteiger partial charge < -0.3 is 5.32 Å². The Morgan fingerprint density at radius 1 is 1.25 bits per heavy atom. The first kappa shape index (κ1) is 11.3. The average molecular weight is 235 g/mol. The molecule has 0 fully saturated rings. The molecule has 0 amide bonds. The summed E-state index contributed by atoms with van der Waals surface area (Å²) in [4.78, 5) is 0. The minimum absolute atomic E-state index is 0.186. The first-order chi connectivity index (χ1) is 7.75. The molecule has 1 aromatic heterocycles. The molecule has 0 saturated heterocycles. The van der Waals surface area contributed by atoms with Crippen LogP contribution in [0.1, 0.15) is 24.1 Å². The maximum Gasteiger partial charge on any atom is 0.123 e. The third-order valence-electron chi connectivity index (χ3n) is 2.56. The Morgan fingerprint density at radius 2 is 2.00 bits per heavy atom. The van der Waals surface area contributed by atoms with E-state index >= 15 is 0 Å². The van der Waals surface area contributed by atoms with Crippen molar-refractivity contribution in [1.82, 2.24) is 5.32 Å². The summed E-state index contributed by atoms with van der Waals surface area (Å²) in [5.41, 5.74) is 2.40. The van der Waals surface area contributed by atoms with Crippen LogP contribution < -0.4 is 5.32 Å². The summed E-state index contributed by atoms with van der Waals surface area (Å²) in [7, 11) is 0. The zero-order valence-corrected chi connectivity index (χ0v) is 9.93. The van der Waals surface area contributed by atoms with Gasteiger partial charge >= 0.3 is 0 Å². The molecule has 1 unspecified atom stereocenters. The van der Waals surface area contributed by atoms with E-state index in [-0.39, 0.29) is 11.9 Å². The van der Waals surface area contributed by atoms with Crippen LogP contribution in [0, 0.1) is 5.82 Å². The van der Waals surface area contributed by atoms with Gasteiger partial charge in [0.05, 0.1) is 0 Å². The maximum atomic E-state index is 12.7. The van der Waals surface area contributed by atoms with Gasteiger partial charge in [-0.25, -0.2) is 4.39 Å². The van der Waals surface area contributed by atoms with Crippen molar-refractivity contribution in [2.24, 2.45) is 0 Å². The van der Waals surface area contributed by atoms with Crippen LogP contribution >= 0.6 is 11.3 Å². The Bertz CT molecular complexity index is 422. The summed E-state index contributed by atoms with van der Waals surface area (Å²) in [5.74, 6) is -0.186. The topological polar surface area (TPSA) is 12.0 Å². The van der Waals surface area contributed by atoms with Crippen molar-refractivity contribution in [2.75, 3.05) is 0 Å². The molecule has 0 radical (unpaired) electrons. The van der Waals surface area contributed by atoms with Crippen molar-refractivity contribution >= 4 is 11.3 Å². The van der Waals surface area contributed by atoms with E-state index in [1.807, 2.05) is 12.1 Å². The first-order valence-corrected chi connectivity index (χ1v) is 6.20.